The molecular formula is C17H15FO3. The van der Waals surface area contributed by atoms with Crippen molar-refractivity contribution in [3.8, 4) is 5.75 Å². The van der Waals surface area contributed by atoms with Gasteiger partial charge in [-0.1, -0.05) is 24.3 Å². The van der Waals surface area contributed by atoms with E-state index in [2.05, 4.69) is 0 Å². The van der Waals surface area contributed by atoms with Crippen molar-refractivity contribution in [3.05, 3.63) is 71.0 Å². The van der Waals surface area contributed by atoms with Crippen molar-refractivity contribution in [1.29, 1.82) is 0 Å². The van der Waals surface area contributed by atoms with Crippen molar-refractivity contribution in [1.82, 2.24) is 0 Å². The largest absolute Gasteiger partial charge is 0.489 e. The Bertz CT molecular complexity index is 643. The molecule has 0 saturated carbocycles. The number of hydrogen-bond acceptors (Lipinski definition) is 2. The van der Waals surface area contributed by atoms with Crippen LogP contribution in [0.25, 0.3) is 6.08 Å². The smallest absolute Gasteiger partial charge is 0.331 e. The third-order valence-electron chi connectivity index (χ3n) is 2.92. The summed E-state index contributed by atoms with van der Waals surface area (Å²) >= 11 is 0. The lowest BCUT2D eigenvalue weighted by atomic mass is 10.1. The topological polar surface area (TPSA) is 46.5 Å². The van der Waals surface area contributed by atoms with Crippen molar-refractivity contribution in [2.45, 2.75) is 13.5 Å². The van der Waals surface area contributed by atoms with Gasteiger partial charge in [0.15, 0.2) is 0 Å². The second kappa shape index (κ2) is 6.70. The van der Waals surface area contributed by atoms with Gasteiger partial charge >= 0.3 is 5.97 Å². The van der Waals surface area contributed by atoms with E-state index in [1.54, 1.807) is 49.4 Å². The highest BCUT2D eigenvalue weighted by Gasteiger charge is 2.01. The number of carboxylic acids is 1. The van der Waals surface area contributed by atoms with Crippen LogP contribution in [-0.2, 0) is 11.4 Å². The standard InChI is InChI=1S/C17H15FO3/c1-12(17(19)20)10-13-4-8-16(9-5-13)21-11-14-2-6-15(18)7-3-14/h2-10H,11H2,1H3,(H,19,20)/b12-10+. The summed E-state index contributed by atoms with van der Waals surface area (Å²) < 4.78 is 18.3. The Hall–Kier alpha value is -2.62. The van der Waals surface area contributed by atoms with Crippen molar-refractivity contribution in [3.63, 3.8) is 0 Å². The van der Waals surface area contributed by atoms with E-state index < -0.39 is 5.97 Å². The molecule has 3 nitrogen and oxygen atoms in total. The van der Waals surface area contributed by atoms with Gasteiger partial charge in [0, 0.05) is 5.57 Å². The fourth-order valence-corrected chi connectivity index (χ4v) is 1.72. The van der Waals surface area contributed by atoms with Crippen molar-refractivity contribution < 1.29 is 19.0 Å². The molecule has 0 atom stereocenters. The van der Waals surface area contributed by atoms with Crippen LogP contribution in [0.15, 0.2) is 54.1 Å². The number of hydrogen-bond donors (Lipinski definition) is 1. The second-order valence-electron chi connectivity index (χ2n) is 4.62. The van der Waals surface area contributed by atoms with Gasteiger partial charge in [0.25, 0.3) is 0 Å². The first kappa shape index (κ1) is 14.8. The van der Waals surface area contributed by atoms with Gasteiger partial charge in [-0.3, -0.25) is 0 Å². The van der Waals surface area contributed by atoms with Crippen molar-refractivity contribution in [2.24, 2.45) is 0 Å². The van der Waals surface area contributed by atoms with E-state index in [1.807, 2.05) is 0 Å². The summed E-state index contributed by atoms with van der Waals surface area (Å²) in [4.78, 5) is 10.7. The number of halogens is 1. The normalized spacial score (nSPS) is 11.2. The van der Waals surface area contributed by atoms with E-state index in [1.165, 1.54) is 12.1 Å². The predicted molar refractivity (Wildman–Crippen MR) is 78.5 cm³/mol. The molecule has 0 fully saturated rings. The van der Waals surface area contributed by atoms with Crippen LogP contribution < -0.4 is 4.74 Å². The Labute approximate surface area is 122 Å². The predicted octanol–water partition coefficient (Wildman–Crippen LogP) is 3.89. The quantitative estimate of drug-likeness (QED) is 0.848. The van der Waals surface area contributed by atoms with Gasteiger partial charge in [-0.15, -0.1) is 0 Å². The summed E-state index contributed by atoms with van der Waals surface area (Å²) in [7, 11) is 0. The zero-order chi connectivity index (χ0) is 15.2. The van der Waals surface area contributed by atoms with Crippen LogP contribution in [0.3, 0.4) is 0 Å². The molecule has 0 aliphatic carbocycles. The number of aliphatic carboxylic acids is 1. The van der Waals surface area contributed by atoms with Crippen LogP contribution in [0, 0.1) is 5.82 Å². The molecule has 0 spiro atoms. The fourth-order valence-electron chi connectivity index (χ4n) is 1.72. The molecular weight excluding hydrogens is 271 g/mol. The molecule has 0 aliphatic rings. The number of ether oxygens (including phenoxy) is 1. The van der Waals surface area contributed by atoms with E-state index in [4.69, 9.17) is 9.84 Å². The molecule has 4 heteroatoms. The fraction of sp³-hybridized carbons (Fsp3) is 0.118. The Balaban J connectivity index is 1.98. The third-order valence-corrected chi connectivity index (χ3v) is 2.92. The third kappa shape index (κ3) is 4.45. The monoisotopic (exact) mass is 286 g/mol. The second-order valence-corrected chi connectivity index (χ2v) is 4.62. The van der Waals surface area contributed by atoms with Gasteiger partial charge in [0.05, 0.1) is 0 Å². The first-order valence-corrected chi connectivity index (χ1v) is 6.43. The number of benzene rings is 2. The lowest BCUT2D eigenvalue weighted by molar-refractivity contribution is -0.132. The van der Waals surface area contributed by atoms with E-state index in [0.29, 0.717) is 12.4 Å². The highest BCUT2D eigenvalue weighted by Crippen LogP contribution is 2.16. The van der Waals surface area contributed by atoms with Gasteiger partial charge in [-0.2, -0.15) is 0 Å². The first-order chi connectivity index (χ1) is 10.0. The zero-order valence-electron chi connectivity index (χ0n) is 11.5. The molecule has 1 N–H and O–H groups in total. The highest BCUT2D eigenvalue weighted by molar-refractivity contribution is 5.91. The van der Waals surface area contributed by atoms with Crippen LogP contribution in [0.1, 0.15) is 18.1 Å². The highest BCUT2D eigenvalue weighted by atomic mass is 19.1. The van der Waals surface area contributed by atoms with E-state index >= 15 is 0 Å². The summed E-state index contributed by atoms with van der Waals surface area (Å²) in [6, 6.07) is 13.2. The maximum absolute atomic E-state index is 12.8. The number of carbonyl (C=O) groups is 1. The van der Waals surface area contributed by atoms with Crippen LogP contribution in [0.2, 0.25) is 0 Å². The molecule has 0 amide bonds. The Morgan fingerprint density at radius 1 is 1.14 bits per heavy atom. The first-order valence-electron chi connectivity index (χ1n) is 6.43. The maximum Gasteiger partial charge on any atom is 0.331 e. The molecule has 0 radical (unpaired) electrons. The molecule has 0 unspecified atom stereocenters. The van der Waals surface area contributed by atoms with Gasteiger partial charge in [-0.25, -0.2) is 9.18 Å². The molecule has 2 rings (SSSR count). The van der Waals surface area contributed by atoms with Crippen LogP contribution in [0.5, 0.6) is 5.75 Å². The van der Waals surface area contributed by atoms with Gasteiger partial charge in [0.1, 0.15) is 18.2 Å². The van der Waals surface area contributed by atoms with E-state index in [9.17, 15) is 9.18 Å². The summed E-state index contributed by atoms with van der Waals surface area (Å²) in [6.07, 6.45) is 1.59. The molecule has 21 heavy (non-hydrogen) atoms. The lowest BCUT2D eigenvalue weighted by Gasteiger charge is -2.06. The van der Waals surface area contributed by atoms with Crippen molar-refractivity contribution in [2.75, 3.05) is 0 Å². The minimum Gasteiger partial charge on any atom is -0.489 e. The summed E-state index contributed by atoms with van der Waals surface area (Å²) in [6.45, 7) is 1.89. The van der Waals surface area contributed by atoms with Gasteiger partial charge in [-0.05, 0) is 48.4 Å². The summed E-state index contributed by atoms with van der Waals surface area (Å²) in [5.41, 5.74) is 1.95. The van der Waals surface area contributed by atoms with Crippen LogP contribution in [-0.4, -0.2) is 11.1 Å². The molecule has 2 aromatic carbocycles. The average Bonchev–Trinajstić information content (AvgIpc) is 2.48. The maximum atomic E-state index is 12.8. The molecule has 0 aromatic heterocycles. The Morgan fingerprint density at radius 3 is 2.33 bits per heavy atom. The van der Waals surface area contributed by atoms with Crippen LogP contribution in [0.4, 0.5) is 4.39 Å². The summed E-state index contributed by atoms with van der Waals surface area (Å²) in [5.74, 6) is -0.542. The average molecular weight is 286 g/mol. The van der Waals surface area contributed by atoms with Crippen LogP contribution >= 0.6 is 0 Å². The SMILES string of the molecule is C/C(=C\c1ccc(OCc2ccc(F)cc2)cc1)C(=O)O. The van der Waals surface area contributed by atoms with Crippen molar-refractivity contribution >= 4 is 12.0 Å². The zero-order valence-corrected chi connectivity index (χ0v) is 11.5. The molecule has 0 heterocycles. The Morgan fingerprint density at radius 2 is 1.76 bits per heavy atom. The van der Waals surface area contributed by atoms with E-state index in [-0.39, 0.29) is 11.4 Å². The molecule has 0 bridgehead atoms. The van der Waals surface area contributed by atoms with E-state index in [0.717, 1.165) is 11.1 Å². The van der Waals surface area contributed by atoms with Gasteiger partial charge < -0.3 is 9.84 Å². The minimum atomic E-state index is -0.938. The minimum absolute atomic E-state index is 0.273. The molecule has 0 aliphatic heterocycles. The number of carboxylic acid groups (broad SMARTS) is 1. The number of rotatable bonds is 5. The molecule has 0 saturated heterocycles. The lowest BCUT2D eigenvalue weighted by Crippen LogP contribution is -1.96. The van der Waals surface area contributed by atoms with Gasteiger partial charge in [0.2, 0.25) is 0 Å². The molecule has 108 valence electrons. The summed E-state index contributed by atoms with van der Waals surface area (Å²) in [5, 5.41) is 8.81. The molecule has 2 aromatic rings. The Kier molecular flexibility index (Phi) is 4.72.